The number of rotatable bonds is 4. The first-order valence-corrected chi connectivity index (χ1v) is 6.45. The molecule has 2 nitrogen and oxygen atoms in total. The minimum absolute atomic E-state index is 0.105. The van der Waals surface area contributed by atoms with Gasteiger partial charge in [0.05, 0.1) is 5.69 Å². The third-order valence-corrected chi connectivity index (χ3v) is 3.31. The van der Waals surface area contributed by atoms with E-state index in [0.29, 0.717) is 6.04 Å². The first kappa shape index (κ1) is 12.4. The Bertz CT molecular complexity index is 378. The monoisotopic (exact) mass is 236 g/mol. The van der Waals surface area contributed by atoms with Crippen molar-refractivity contribution in [3.05, 3.63) is 29.6 Å². The molecule has 3 heteroatoms. The molecule has 2 rings (SSSR count). The van der Waals surface area contributed by atoms with Crippen molar-refractivity contribution in [2.75, 3.05) is 24.5 Å². The van der Waals surface area contributed by atoms with E-state index in [4.69, 9.17) is 0 Å². The summed E-state index contributed by atoms with van der Waals surface area (Å²) in [6, 6.07) is 5.84. The highest BCUT2D eigenvalue weighted by molar-refractivity contribution is 5.51. The molecule has 0 spiro atoms. The normalized spacial score (nSPS) is 19.9. The summed E-state index contributed by atoms with van der Waals surface area (Å²) in [6.45, 7) is 7.09. The van der Waals surface area contributed by atoms with Gasteiger partial charge >= 0.3 is 0 Å². The second-order valence-electron chi connectivity index (χ2n) is 4.84. The van der Waals surface area contributed by atoms with Gasteiger partial charge in [-0.15, -0.1) is 0 Å². The van der Waals surface area contributed by atoms with Crippen LogP contribution in [-0.4, -0.2) is 25.7 Å². The van der Waals surface area contributed by atoms with Crippen molar-refractivity contribution in [3.8, 4) is 0 Å². The zero-order chi connectivity index (χ0) is 12.3. The van der Waals surface area contributed by atoms with Crippen molar-refractivity contribution < 1.29 is 4.39 Å². The highest BCUT2D eigenvalue weighted by atomic mass is 19.1. The summed E-state index contributed by atoms with van der Waals surface area (Å²) in [5.41, 5.74) is 1.87. The Balaban J connectivity index is 2.02. The van der Waals surface area contributed by atoms with E-state index >= 15 is 0 Å². The van der Waals surface area contributed by atoms with E-state index in [1.165, 1.54) is 0 Å². The lowest BCUT2D eigenvalue weighted by Gasteiger charge is -2.20. The van der Waals surface area contributed by atoms with Crippen molar-refractivity contribution >= 4 is 5.69 Å². The topological polar surface area (TPSA) is 15.3 Å². The average Bonchev–Trinajstić information content (AvgIpc) is 2.78. The van der Waals surface area contributed by atoms with E-state index in [1.54, 1.807) is 6.07 Å². The Hall–Kier alpha value is -1.09. The molecular weight excluding hydrogens is 215 g/mol. The maximum Gasteiger partial charge on any atom is 0.146 e. The third kappa shape index (κ3) is 2.97. The second kappa shape index (κ2) is 5.50. The molecule has 1 aromatic rings. The number of hydrogen-bond acceptors (Lipinski definition) is 2. The average molecular weight is 236 g/mol. The van der Waals surface area contributed by atoms with Crippen LogP contribution >= 0.6 is 0 Å². The summed E-state index contributed by atoms with van der Waals surface area (Å²) in [4.78, 5) is 2.15. The van der Waals surface area contributed by atoms with Crippen LogP contribution in [0.4, 0.5) is 10.1 Å². The molecule has 1 aromatic carbocycles. The predicted molar refractivity (Wildman–Crippen MR) is 70.0 cm³/mol. The summed E-state index contributed by atoms with van der Waals surface area (Å²) < 4.78 is 13.7. The molecule has 1 fully saturated rings. The van der Waals surface area contributed by atoms with Crippen molar-refractivity contribution in [2.45, 2.75) is 32.7 Å². The van der Waals surface area contributed by atoms with Crippen LogP contribution in [0.3, 0.4) is 0 Å². The predicted octanol–water partition coefficient (Wildman–Crippen LogP) is 2.71. The first-order chi connectivity index (χ1) is 8.20. The highest BCUT2D eigenvalue weighted by Crippen LogP contribution is 2.24. The summed E-state index contributed by atoms with van der Waals surface area (Å²) >= 11 is 0. The molecule has 1 aliphatic rings. The van der Waals surface area contributed by atoms with Crippen LogP contribution in [0.25, 0.3) is 0 Å². The number of benzene rings is 1. The van der Waals surface area contributed by atoms with E-state index in [-0.39, 0.29) is 5.82 Å². The number of anilines is 1. The number of halogens is 1. The molecule has 17 heavy (non-hydrogen) atoms. The molecule has 0 bridgehead atoms. The summed E-state index contributed by atoms with van der Waals surface area (Å²) in [5.74, 6) is -0.105. The van der Waals surface area contributed by atoms with Gasteiger partial charge in [-0.2, -0.15) is 0 Å². The molecule has 0 saturated carbocycles. The lowest BCUT2D eigenvalue weighted by atomic mass is 10.2. The van der Waals surface area contributed by atoms with Gasteiger partial charge in [-0.05, 0) is 44.0 Å². The van der Waals surface area contributed by atoms with Gasteiger partial charge in [-0.25, -0.2) is 4.39 Å². The number of nitrogens with one attached hydrogen (secondary N) is 1. The van der Waals surface area contributed by atoms with Gasteiger partial charge in [-0.1, -0.05) is 13.0 Å². The lowest BCUT2D eigenvalue weighted by Crippen LogP contribution is -2.33. The molecule has 1 aliphatic heterocycles. The fraction of sp³-hybridized carbons (Fsp3) is 0.571. The van der Waals surface area contributed by atoms with Gasteiger partial charge in [0, 0.05) is 19.1 Å². The Morgan fingerprint density at radius 2 is 2.29 bits per heavy atom. The summed E-state index contributed by atoms with van der Waals surface area (Å²) in [5, 5.41) is 3.50. The van der Waals surface area contributed by atoms with E-state index in [1.807, 2.05) is 19.1 Å². The number of aryl methyl sites for hydroxylation is 1. The number of hydrogen-bond donors (Lipinski definition) is 1. The zero-order valence-corrected chi connectivity index (χ0v) is 10.7. The standard InChI is InChI=1S/C14H21FN2/c1-3-7-16-12-6-8-17(10-12)14-9-11(2)4-5-13(14)15/h4-5,9,12,16H,3,6-8,10H2,1-2H3. The molecule has 1 N–H and O–H groups in total. The minimum Gasteiger partial charge on any atom is -0.368 e. The first-order valence-electron chi connectivity index (χ1n) is 6.45. The highest BCUT2D eigenvalue weighted by Gasteiger charge is 2.23. The smallest absolute Gasteiger partial charge is 0.146 e. The Morgan fingerprint density at radius 1 is 1.47 bits per heavy atom. The molecule has 0 aliphatic carbocycles. The van der Waals surface area contributed by atoms with Gasteiger partial charge in [0.15, 0.2) is 0 Å². The van der Waals surface area contributed by atoms with Gasteiger partial charge < -0.3 is 10.2 Å². The van der Waals surface area contributed by atoms with Crippen LogP contribution in [-0.2, 0) is 0 Å². The zero-order valence-electron chi connectivity index (χ0n) is 10.7. The lowest BCUT2D eigenvalue weighted by molar-refractivity contribution is 0.548. The maximum absolute atomic E-state index is 13.7. The second-order valence-corrected chi connectivity index (χ2v) is 4.84. The van der Waals surface area contributed by atoms with Crippen LogP contribution in [0, 0.1) is 12.7 Å². The molecule has 0 amide bonds. The van der Waals surface area contributed by atoms with Crippen LogP contribution in [0.15, 0.2) is 18.2 Å². The summed E-state index contributed by atoms with van der Waals surface area (Å²) in [7, 11) is 0. The van der Waals surface area contributed by atoms with E-state index in [9.17, 15) is 4.39 Å². The van der Waals surface area contributed by atoms with Crippen LogP contribution in [0.5, 0.6) is 0 Å². The quantitative estimate of drug-likeness (QED) is 0.864. The fourth-order valence-electron chi connectivity index (χ4n) is 2.36. The molecule has 1 atom stereocenters. The molecule has 1 saturated heterocycles. The fourth-order valence-corrected chi connectivity index (χ4v) is 2.36. The number of nitrogens with zero attached hydrogens (tertiary/aromatic N) is 1. The Morgan fingerprint density at radius 3 is 3.06 bits per heavy atom. The molecule has 1 unspecified atom stereocenters. The third-order valence-electron chi connectivity index (χ3n) is 3.31. The SMILES string of the molecule is CCCNC1CCN(c2cc(C)ccc2F)C1. The van der Waals surface area contributed by atoms with Gasteiger partial charge in [-0.3, -0.25) is 0 Å². The van der Waals surface area contributed by atoms with Crippen molar-refractivity contribution in [2.24, 2.45) is 0 Å². The molecule has 94 valence electrons. The Labute approximate surface area is 103 Å². The van der Waals surface area contributed by atoms with E-state index in [0.717, 1.165) is 43.7 Å². The minimum atomic E-state index is -0.105. The van der Waals surface area contributed by atoms with Gasteiger partial charge in [0.25, 0.3) is 0 Å². The van der Waals surface area contributed by atoms with Crippen LogP contribution in [0.1, 0.15) is 25.3 Å². The van der Waals surface area contributed by atoms with Crippen LogP contribution in [0.2, 0.25) is 0 Å². The van der Waals surface area contributed by atoms with Crippen molar-refractivity contribution in [1.82, 2.24) is 5.32 Å². The summed E-state index contributed by atoms with van der Waals surface area (Å²) in [6.07, 6.45) is 2.25. The molecule has 0 aromatic heterocycles. The molecular formula is C14H21FN2. The van der Waals surface area contributed by atoms with E-state index in [2.05, 4.69) is 17.1 Å². The van der Waals surface area contributed by atoms with Crippen molar-refractivity contribution in [1.29, 1.82) is 0 Å². The van der Waals surface area contributed by atoms with Crippen molar-refractivity contribution in [3.63, 3.8) is 0 Å². The van der Waals surface area contributed by atoms with Crippen LogP contribution < -0.4 is 10.2 Å². The van der Waals surface area contributed by atoms with Gasteiger partial charge in [0.1, 0.15) is 5.82 Å². The largest absolute Gasteiger partial charge is 0.368 e. The Kier molecular flexibility index (Phi) is 4.00. The van der Waals surface area contributed by atoms with Gasteiger partial charge in [0.2, 0.25) is 0 Å². The molecule has 1 heterocycles. The molecule has 0 radical (unpaired) electrons. The maximum atomic E-state index is 13.7. The van der Waals surface area contributed by atoms with E-state index < -0.39 is 0 Å².